The number of hydrogen-bond acceptors (Lipinski definition) is 2. The maximum atomic E-state index is 5.35. The van der Waals surface area contributed by atoms with Gasteiger partial charge in [-0.2, -0.15) is 0 Å². The second-order valence-corrected chi connectivity index (χ2v) is 3.60. The molecule has 0 amide bonds. The van der Waals surface area contributed by atoms with Gasteiger partial charge in [0.25, 0.3) is 0 Å². The largest absolute Gasteiger partial charge is 0.393 e. The first-order chi connectivity index (χ1) is 4.79. The van der Waals surface area contributed by atoms with Gasteiger partial charge < -0.3 is 5.73 Å². The molecule has 1 heterocycles. The number of aryl methyl sites for hydroxylation is 1. The highest BCUT2D eigenvalue weighted by atomic mass is 32.1. The van der Waals surface area contributed by atoms with Crippen molar-refractivity contribution in [3.05, 3.63) is 22.4 Å². The molecule has 1 rings (SSSR count). The normalized spacial score (nSPS) is 9.60. The molecular formula is C7H9NS2. The summed E-state index contributed by atoms with van der Waals surface area (Å²) in [6, 6.07) is 4.14. The summed E-state index contributed by atoms with van der Waals surface area (Å²) in [5.41, 5.74) is 5.35. The molecule has 0 atom stereocenters. The van der Waals surface area contributed by atoms with E-state index in [0.717, 1.165) is 12.8 Å². The van der Waals surface area contributed by atoms with E-state index in [4.69, 9.17) is 18.0 Å². The molecule has 1 aromatic heterocycles. The van der Waals surface area contributed by atoms with Crippen LogP contribution in [-0.2, 0) is 6.42 Å². The fraction of sp³-hybridized carbons (Fsp3) is 0.286. The van der Waals surface area contributed by atoms with Gasteiger partial charge in [-0.25, -0.2) is 0 Å². The maximum Gasteiger partial charge on any atom is 0.0730 e. The number of nitrogens with two attached hydrogens (primary N) is 1. The predicted octanol–water partition coefficient (Wildman–Crippen LogP) is 1.97. The van der Waals surface area contributed by atoms with Crippen molar-refractivity contribution in [1.29, 1.82) is 0 Å². The van der Waals surface area contributed by atoms with E-state index in [9.17, 15) is 0 Å². The van der Waals surface area contributed by atoms with Gasteiger partial charge >= 0.3 is 0 Å². The molecule has 0 aliphatic heterocycles. The van der Waals surface area contributed by atoms with E-state index in [2.05, 4.69) is 11.4 Å². The third kappa shape index (κ3) is 2.45. The van der Waals surface area contributed by atoms with Gasteiger partial charge in [0.15, 0.2) is 0 Å². The Kier molecular flexibility index (Phi) is 2.83. The lowest BCUT2D eigenvalue weighted by Crippen LogP contribution is -2.07. The van der Waals surface area contributed by atoms with Crippen LogP contribution in [-0.4, -0.2) is 4.99 Å². The first-order valence-corrected chi connectivity index (χ1v) is 4.38. The SMILES string of the molecule is NC(=S)CCc1cccs1. The Morgan fingerprint density at radius 1 is 1.70 bits per heavy atom. The molecule has 0 spiro atoms. The highest BCUT2D eigenvalue weighted by Crippen LogP contribution is 2.10. The predicted molar refractivity (Wildman–Crippen MR) is 49.4 cm³/mol. The van der Waals surface area contributed by atoms with E-state index in [1.807, 2.05) is 6.07 Å². The third-order valence-electron chi connectivity index (χ3n) is 1.20. The van der Waals surface area contributed by atoms with Gasteiger partial charge in [-0.05, 0) is 17.9 Å². The van der Waals surface area contributed by atoms with Gasteiger partial charge in [0, 0.05) is 11.3 Å². The second-order valence-electron chi connectivity index (χ2n) is 2.05. The molecule has 0 aromatic carbocycles. The van der Waals surface area contributed by atoms with E-state index in [0.29, 0.717) is 4.99 Å². The summed E-state index contributed by atoms with van der Waals surface area (Å²) in [6.45, 7) is 0. The van der Waals surface area contributed by atoms with Crippen molar-refractivity contribution in [1.82, 2.24) is 0 Å². The van der Waals surface area contributed by atoms with Crippen LogP contribution in [0.1, 0.15) is 11.3 Å². The van der Waals surface area contributed by atoms with Crippen LogP contribution in [0.4, 0.5) is 0 Å². The monoisotopic (exact) mass is 171 g/mol. The van der Waals surface area contributed by atoms with Gasteiger partial charge in [-0.3, -0.25) is 0 Å². The lowest BCUT2D eigenvalue weighted by atomic mass is 10.3. The molecule has 0 unspecified atom stereocenters. The quantitative estimate of drug-likeness (QED) is 0.704. The van der Waals surface area contributed by atoms with Crippen LogP contribution < -0.4 is 5.73 Å². The summed E-state index contributed by atoms with van der Waals surface area (Å²) in [4.78, 5) is 1.96. The van der Waals surface area contributed by atoms with Crippen LogP contribution in [0.5, 0.6) is 0 Å². The fourth-order valence-corrected chi connectivity index (χ4v) is 1.51. The maximum absolute atomic E-state index is 5.35. The molecule has 0 fully saturated rings. The van der Waals surface area contributed by atoms with Crippen LogP contribution in [0.3, 0.4) is 0 Å². The Morgan fingerprint density at radius 3 is 3.00 bits per heavy atom. The van der Waals surface area contributed by atoms with Crippen LogP contribution in [0.25, 0.3) is 0 Å². The minimum atomic E-state index is 0.605. The Hall–Kier alpha value is -0.410. The van der Waals surface area contributed by atoms with Crippen molar-refractivity contribution < 1.29 is 0 Å². The lowest BCUT2D eigenvalue weighted by molar-refractivity contribution is 1.07. The van der Waals surface area contributed by atoms with Crippen molar-refractivity contribution in [2.24, 2.45) is 5.73 Å². The molecule has 0 saturated carbocycles. The van der Waals surface area contributed by atoms with Crippen molar-refractivity contribution in [2.75, 3.05) is 0 Å². The van der Waals surface area contributed by atoms with Gasteiger partial charge in [0.2, 0.25) is 0 Å². The number of hydrogen-bond donors (Lipinski definition) is 1. The average molecular weight is 171 g/mol. The molecule has 0 bridgehead atoms. The summed E-state index contributed by atoms with van der Waals surface area (Å²) >= 11 is 6.50. The molecule has 0 radical (unpaired) electrons. The Morgan fingerprint density at radius 2 is 2.50 bits per heavy atom. The highest BCUT2D eigenvalue weighted by molar-refractivity contribution is 7.80. The van der Waals surface area contributed by atoms with Crippen LogP contribution in [0.2, 0.25) is 0 Å². The molecule has 0 aliphatic rings. The van der Waals surface area contributed by atoms with Crippen molar-refractivity contribution >= 4 is 28.5 Å². The van der Waals surface area contributed by atoms with E-state index < -0.39 is 0 Å². The molecule has 10 heavy (non-hydrogen) atoms. The third-order valence-corrected chi connectivity index (χ3v) is 2.34. The van der Waals surface area contributed by atoms with Gasteiger partial charge in [0.05, 0.1) is 4.99 Å². The van der Waals surface area contributed by atoms with E-state index in [-0.39, 0.29) is 0 Å². The summed E-state index contributed by atoms with van der Waals surface area (Å²) in [7, 11) is 0. The Bertz CT molecular complexity index is 203. The van der Waals surface area contributed by atoms with Crippen molar-refractivity contribution in [2.45, 2.75) is 12.8 Å². The molecule has 54 valence electrons. The Labute approximate surface area is 69.9 Å². The summed E-state index contributed by atoms with van der Waals surface area (Å²) in [5, 5.41) is 2.06. The average Bonchev–Trinajstić information content (AvgIpc) is 2.34. The minimum Gasteiger partial charge on any atom is -0.393 e. The van der Waals surface area contributed by atoms with Gasteiger partial charge in [-0.15, -0.1) is 11.3 Å². The van der Waals surface area contributed by atoms with Gasteiger partial charge in [-0.1, -0.05) is 18.3 Å². The van der Waals surface area contributed by atoms with E-state index in [1.165, 1.54) is 4.88 Å². The second kappa shape index (κ2) is 3.68. The van der Waals surface area contributed by atoms with Crippen LogP contribution in [0, 0.1) is 0 Å². The molecule has 0 saturated heterocycles. The molecule has 1 aromatic rings. The molecular weight excluding hydrogens is 162 g/mol. The molecule has 2 N–H and O–H groups in total. The fourth-order valence-electron chi connectivity index (χ4n) is 0.701. The first kappa shape index (κ1) is 7.69. The number of rotatable bonds is 3. The first-order valence-electron chi connectivity index (χ1n) is 3.10. The van der Waals surface area contributed by atoms with Gasteiger partial charge in [0.1, 0.15) is 0 Å². The standard InChI is InChI=1S/C7H9NS2/c8-7(9)4-3-6-2-1-5-10-6/h1-2,5H,3-4H2,(H2,8,9). The summed E-state index contributed by atoms with van der Waals surface area (Å²) in [5.74, 6) is 0. The summed E-state index contributed by atoms with van der Waals surface area (Å²) < 4.78 is 0. The van der Waals surface area contributed by atoms with Crippen LogP contribution >= 0.6 is 23.6 Å². The number of thiocarbonyl (C=S) groups is 1. The van der Waals surface area contributed by atoms with Crippen molar-refractivity contribution in [3.63, 3.8) is 0 Å². The highest BCUT2D eigenvalue weighted by Gasteiger charge is 1.93. The number of thiophene rings is 1. The zero-order chi connectivity index (χ0) is 7.40. The van der Waals surface area contributed by atoms with Crippen LogP contribution in [0.15, 0.2) is 17.5 Å². The zero-order valence-electron chi connectivity index (χ0n) is 5.54. The lowest BCUT2D eigenvalue weighted by Gasteiger charge is -1.93. The molecule has 0 aliphatic carbocycles. The minimum absolute atomic E-state index is 0.605. The zero-order valence-corrected chi connectivity index (χ0v) is 7.17. The topological polar surface area (TPSA) is 26.0 Å². The van der Waals surface area contributed by atoms with E-state index in [1.54, 1.807) is 11.3 Å². The Balaban J connectivity index is 2.35. The smallest absolute Gasteiger partial charge is 0.0730 e. The molecule has 3 heteroatoms. The molecule has 1 nitrogen and oxygen atoms in total. The van der Waals surface area contributed by atoms with E-state index >= 15 is 0 Å². The van der Waals surface area contributed by atoms with Crippen molar-refractivity contribution in [3.8, 4) is 0 Å². The summed E-state index contributed by atoms with van der Waals surface area (Å²) in [6.07, 6.45) is 1.82.